The first-order valence-corrected chi connectivity index (χ1v) is 17.9. The van der Waals surface area contributed by atoms with Crippen LogP contribution < -0.4 is 0 Å². The van der Waals surface area contributed by atoms with Crippen LogP contribution in [0.4, 0.5) is 5.69 Å². The highest BCUT2D eigenvalue weighted by atomic mass is 15.0. The molecule has 0 unspecified atom stereocenters. The minimum atomic E-state index is 0.638. The fourth-order valence-corrected chi connectivity index (χ4v) is 8.52. The Balaban J connectivity index is 1.15. The van der Waals surface area contributed by atoms with Crippen LogP contribution in [-0.2, 0) is 0 Å². The van der Waals surface area contributed by atoms with E-state index >= 15 is 0 Å². The Hall–Kier alpha value is -7.35. The van der Waals surface area contributed by atoms with Crippen molar-refractivity contribution in [2.75, 3.05) is 0 Å². The highest BCUT2D eigenvalue weighted by Crippen LogP contribution is 2.41. The van der Waals surface area contributed by atoms with Gasteiger partial charge in [0.25, 0.3) is 0 Å². The molecule has 0 amide bonds. The second kappa shape index (κ2) is 11.3. The third-order valence-electron chi connectivity index (χ3n) is 10.8. The van der Waals surface area contributed by atoms with Gasteiger partial charge < -0.3 is 13.7 Å². The molecule has 3 heterocycles. The van der Waals surface area contributed by atoms with Crippen LogP contribution in [0.5, 0.6) is 0 Å². The number of nitrogens with zero attached hydrogens (tertiary/aromatic N) is 4. The van der Waals surface area contributed by atoms with Gasteiger partial charge in [-0.25, -0.2) is 4.85 Å². The Bertz CT molecular complexity index is 3240. The van der Waals surface area contributed by atoms with Gasteiger partial charge in [-0.05, 0) is 95.4 Å². The van der Waals surface area contributed by atoms with Gasteiger partial charge >= 0.3 is 0 Å². The standard InChI is InChI=1S/C49H30N4/c1-50-34-25-26-47-41(29-34)43-30-42-40-21-7-10-24-46(40)51(35-15-3-2-4-16-35)48(42)31-49(43)53(47)37-18-12-14-33(28-37)32-13-11-17-36(27-32)52-44-22-8-5-19-38(44)39-20-6-9-23-45(39)52/h2-31H. The molecular weight excluding hydrogens is 645 g/mol. The minimum Gasteiger partial charge on any atom is -0.309 e. The van der Waals surface area contributed by atoms with E-state index in [2.05, 4.69) is 188 Å². The SMILES string of the molecule is [C-]#[N+]c1ccc2c(c1)c1cc3c4ccccc4n(-c4ccccc4)c3cc1n2-c1cccc(-c2cccc(-n3c4ccccc4c4ccccc43)c2)c1. The van der Waals surface area contributed by atoms with Crippen LogP contribution >= 0.6 is 0 Å². The highest BCUT2D eigenvalue weighted by molar-refractivity contribution is 6.19. The lowest BCUT2D eigenvalue weighted by molar-refractivity contribution is 1.16. The van der Waals surface area contributed by atoms with E-state index in [0.717, 1.165) is 55.5 Å². The van der Waals surface area contributed by atoms with Crippen LogP contribution in [0.15, 0.2) is 182 Å². The summed E-state index contributed by atoms with van der Waals surface area (Å²) < 4.78 is 7.11. The summed E-state index contributed by atoms with van der Waals surface area (Å²) in [6, 6.07) is 65.0. The molecule has 0 saturated heterocycles. The van der Waals surface area contributed by atoms with E-state index in [1.165, 1.54) is 38.1 Å². The van der Waals surface area contributed by atoms with Crippen LogP contribution in [0.25, 0.3) is 98.5 Å². The van der Waals surface area contributed by atoms with Gasteiger partial charge in [-0.1, -0.05) is 103 Å². The Labute approximate surface area is 305 Å². The molecule has 4 nitrogen and oxygen atoms in total. The van der Waals surface area contributed by atoms with Gasteiger partial charge in [0.15, 0.2) is 5.69 Å². The van der Waals surface area contributed by atoms with Crippen molar-refractivity contribution in [2.45, 2.75) is 0 Å². The maximum Gasteiger partial charge on any atom is 0.188 e. The van der Waals surface area contributed by atoms with Gasteiger partial charge in [-0.2, -0.15) is 0 Å². The van der Waals surface area contributed by atoms with E-state index in [1.54, 1.807) is 0 Å². The molecule has 0 spiro atoms. The number of para-hydroxylation sites is 4. The number of fused-ring (bicyclic) bond motifs is 9. The summed E-state index contributed by atoms with van der Waals surface area (Å²) in [6.07, 6.45) is 0. The molecular formula is C49H30N4. The van der Waals surface area contributed by atoms with Crippen molar-refractivity contribution in [1.82, 2.24) is 13.7 Å². The molecule has 3 aromatic heterocycles. The topological polar surface area (TPSA) is 19.1 Å². The van der Waals surface area contributed by atoms with Gasteiger partial charge in [-0.15, -0.1) is 0 Å². The monoisotopic (exact) mass is 674 g/mol. The summed E-state index contributed by atoms with van der Waals surface area (Å²) in [7, 11) is 0. The molecule has 0 atom stereocenters. The predicted molar refractivity (Wildman–Crippen MR) is 221 cm³/mol. The van der Waals surface area contributed by atoms with Crippen molar-refractivity contribution in [3.63, 3.8) is 0 Å². The van der Waals surface area contributed by atoms with Crippen LogP contribution in [-0.4, -0.2) is 13.7 Å². The molecule has 0 aliphatic carbocycles. The lowest BCUT2D eigenvalue weighted by Crippen LogP contribution is -1.96. The first-order valence-electron chi connectivity index (χ1n) is 17.9. The predicted octanol–water partition coefficient (Wildman–Crippen LogP) is 13.2. The molecule has 0 bridgehead atoms. The quantitative estimate of drug-likeness (QED) is 0.166. The van der Waals surface area contributed by atoms with E-state index in [1.807, 2.05) is 12.1 Å². The zero-order valence-corrected chi connectivity index (χ0v) is 28.6. The first-order chi connectivity index (χ1) is 26.2. The van der Waals surface area contributed by atoms with Crippen LogP contribution in [0.2, 0.25) is 0 Å². The normalized spacial score (nSPS) is 11.8. The summed E-state index contributed by atoms with van der Waals surface area (Å²) in [5.41, 5.74) is 13.1. The summed E-state index contributed by atoms with van der Waals surface area (Å²) in [5, 5.41) is 7.12. The number of rotatable bonds is 4. The number of hydrogen-bond donors (Lipinski definition) is 0. The lowest BCUT2D eigenvalue weighted by Gasteiger charge is -2.13. The summed E-state index contributed by atoms with van der Waals surface area (Å²) in [4.78, 5) is 3.82. The van der Waals surface area contributed by atoms with E-state index in [0.29, 0.717) is 5.69 Å². The van der Waals surface area contributed by atoms with Crippen molar-refractivity contribution in [1.29, 1.82) is 0 Å². The third kappa shape index (κ3) is 4.35. The fraction of sp³-hybridized carbons (Fsp3) is 0. The van der Waals surface area contributed by atoms with E-state index in [9.17, 15) is 0 Å². The largest absolute Gasteiger partial charge is 0.309 e. The Morgan fingerprint density at radius 3 is 1.32 bits per heavy atom. The molecule has 11 rings (SSSR count). The van der Waals surface area contributed by atoms with Gasteiger partial charge in [0.05, 0.1) is 39.7 Å². The maximum atomic E-state index is 7.83. The third-order valence-corrected chi connectivity index (χ3v) is 10.8. The molecule has 0 aliphatic rings. The van der Waals surface area contributed by atoms with Crippen molar-refractivity contribution in [3.8, 4) is 28.2 Å². The molecule has 0 saturated carbocycles. The van der Waals surface area contributed by atoms with E-state index in [4.69, 9.17) is 6.57 Å². The molecule has 246 valence electrons. The Kier molecular flexibility index (Phi) is 6.28. The lowest BCUT2D eigenvalue weighted by atomic mass is 10.0. The zero-order valence-electron chi connectivity index (χ0n) is 28.6. The van der Waals surface area contributed by atoms with E-state index < -0.39 is 0 Å². The van der Waals surface area contributed by atoms with Crippen molar-refractivity contribution in [2.24, 2.45) is 0 Å². The number of aromatic nitrogens is 3. The molecule has 0 N–H and O–H groups in total. The van der Waals surface area contributed by atoms with Crippen LogP contribution in [0.1, 0.15) is 0 Å². The van der Waals surface area contributed by atoms with Gasteiger partial charge in [0.1, 0.15) is 0 Å². The summed E-state index contributed by atoms with van der Waals surface area (Å²) >= 11 is 0. The Morgan fingerprint density at radius 1 is 0.302 bits per heavy atom. The molecule has 0 radical (unpaired) electrons. The van der Waals surface area contributed by atoms with Crippen LogP contribution in [0.3, 0.4) is 0 Å². The van der Waals surface area contributed by atoms with Gasteiger partial charge in [-0.3, -0.25) is 0 Å². The molecule has 53 heavy (non-hydrogen) atoms. The first kappa shape index (κ1) is 29.4. The van der Waals surface area contributed by atoms with Crippen LogP contribution in [0, 0.1) is 6.57 Å². The van der Waals surface area contributed by atoms with Gasteiger partial charge in [0, 0.05) is 44.0 Å². The average Bonchev–Trinajstić information content (AvgIpc) is 3.85. The second-order valence-electron chi connectivity index (χ2n) is 13.7. The van der Waals surface area contributed by atoms with E-state index in [-0.39, 0.29) is 0 Å². The fourth-order valence-electron chi connectivity index (χ4n) is 8.52. The maximum absolute atomic E-state index is 7.83. The molecule has 11 aromatic rings. The molecule has 4 heteroatoms. The molecule has 0 fully saturated rings. The van der Waals surface area contributed by atoms with Crippen molar-refractivity contribution >= 4 is 71.1 Å². The summed E-state index contributed by atoms with van der Waals surface area (Å²) in [5.74, 6) is 0. The minimum absolute atomic E-state index is 0.638. The molecule has 0 aliphatic heterocycles. The summed E-state index contributed by atoms with van der Waals surface area (Å²) in [6.45, 7) is 7.83. The van der Waals surface area contributed by atoms with Gasteiger partial charge in [0.2, 0.25) is 0 Å². The average molecular weight is 675 g/mol. The molecule has 8 aromatic carbocycles. The number of hydrogen-bond acceptors (Lipinski definition) is 0. The number of benzene rings is 8. The highest BCUT2D eigenvalue weighted by Gasteiger charge is 2.19. The zero-order chi connectivity index (χ0) is 35.0. The van der Waals surface area contributed by atoms with Crippen molar-refractivity contribution in [3.05, 3.63) is 193 Å². The second-order valence-corrected chi connectivity index (χ2v) is 13.7. The smallest absolute Gasteiger partial charge is 0.188 e. The van der Waals surface area contributed by atoms with Crippen molar-refractivity contribution < 1.29 is 0 Å². The Morgan fingerprint density at radius 2 is 0.736 bits per heavy atom.